The van der Waals surface area contributed by atoms with Gasteiger partial charge in [0, 0.05) is 12.0 Å². The predicted molar refractivity (Wildman–Crippen MR) is 80.6 cm³/mol. The third kappa shape index (κ3) is 3.35. The molecule has 132 valence electrons. The van der Waals surface area contributed by atoms with Crippen molar-refractivity contribution >= 4 is 5.91 Å². The number of nitrogens with zero attached hydrogens (tertiary/aromatic N) is 1. The van der Waals surface area contributed by atoms with Crippen molar-refractivity contribution in [1.29, 1.82) is 0 Å². The summed E-state index contributed by atoms with van der Waals surface area (Å²) in [4.78, 5) is 30.5. The van der Waals surface area contributed by atoms with Crippen LogP contribution in [0.15, 0.2) is 16.9 Å². The number of halogens is 3. The second-order valence-electron chi connectivity index (χ2n) is 5.81. The van der Waals surface area contributed by atoms with E-state index in [2.05, 4.69) is 15.3 Å². The van der Waals surface area contributed by atoms with Gasteiger partial charge in [0.25, 0.3) is 11.5 Å². The van der Waals surface area contributed by atoms with Crippen molar-refractivity contribution in [2.24, 2.45) is 0 Å². The zero-order valence-electron chi connectivity index (χ0n) is 12.9. The summed E-state index contributed by atoms with van der Waals surface area (Å²) in [7, 11) is 0. The summed E-state index contributed by atoms with van der Waals surface area (Å²) in [5, 5.41) is 11.4. The second kappa shape index (κ2) is 6.58. The van der Waals surface area contributed by atoms with Crippen molar-refractivity contribution in [3.8, 4) is 5.75 Å². The van der Waals surface area contributed by atoms with Crippen molar-refractivity contribution in [2.75, 3.05) is 0 Å². The van der Waals surface area contributed by atoms with E-state index < -0.39 is 34.7 Å². The van der Waals surface area contributed by atoms with Crippen LogP contribution in [0.25, 0.3) is 0 Å². The summed E-state index contributed by atoms with van der Waals surface area (Å²) < 4.78 is 40.0. The Hall–Kier alpha value is -2.84. The van der Waals surface area contributed by atoms with E-state index in [-0.39, 0.29) is 23.7 Å². The number of benzene rings is 1. The Labute approximate surface area is 139 Å². The molecule has 1 aliphatic carbocycles. The van der Waals surface area contributed by atoms with Gasteiger partial charge >= 0.3 is 0 Å². The molecule has 0 spiro atoms. The molecule has 1 saturated carbocycles. The molecule has 1 fully saturated rings. The lowest BCUT2D eigenvalue weighted by Gasteiger charge is -2.24. The van der Waals surface area contributed by atoms with Gasteiger partial charge in [-0.2, -0.15) is 4.39 Å². The minimum Gasteiger partial charge on any atom is -0.503 e. The van der Waals surface area contributed by atoms with Crippen LogP contribution in [-0.4, -0.2) is 21.0 Å². The largest absolute Gasteiger partial charge is 0.503 e. The van der Waals surface area contributed by atoms with E-state index in [4.69, 9.17) is 5.11 Å². The number of aromatic hydroxyl groups is 1. The molecule has 3 rings (SSSR count). The number of hydrogen-bond acceptors (Lipinski definition) is 4. The molecule has 1 aliphatic rings. The minimum absolute atomic E-state index is 0.170. The smallest absolute Gasteiger partial charge is 0.254 e. The average Bonchev–Trinajstić information content (AvgIpc) is 2.52. The van der Waals surface area contributed by atoms with Crippen molar-refractivity contribution < 1.29 is 23.1 Å². The van der Waals surface area contributed by atoms with Crippen LogP contribution >= 0.6 is 0 Å². The fraction of sp³-hybridized carbons (Fsp3) is 0.312. The first-order valence-electron chi connectivity index (χ1n) is 7.61. The van der Waals surface area contributed by atoms with E-state index >= 15 is 0 Å². The zero-order chi connectivity index (χ0) is 18.1. The molecular formula is C16H14F3N3O3. The second-order valence-corrected chi connectivity index (χ2v) is 5.81. The Morgan fingerprint density at radius 3 is 2.64 bits per heavy atom. The number of phenols is 1. The van der Waals surface area contributed by atoms with Crippen molar-refractivity contribution in [3.63, 3.8) is 0 Å². The van der Waals surface area contributed by atoms with Crippen molar-refractivity contribution in [2.45, 2.75) is 31.7 Å². The van der Waals surface area contributed by atoms with Gasteiger partial charge in [0.15, 0.2) is 17.4 Å². The molecule has 9 heteroatoms. The molecule has 0 radical (unpaired) electrons. The van der Waals surface area contributed by atoms with Crippen molar-refractivity contribution in [1.82, 2.24) is 15.3 Å². The van der Waals surface area contributed by atoms with Gasteiger partial charge in [0.1, 0.15) is 5.82 Å². The average molecular weight is 353 g/mol. The fourth-order valence-corrected chi connectivity index (χ4v) is 2.52. The van der Waals surface area contributed by atoms with Gasteiger partial charge in [-0.25, -0.2) is 13.8 Å². The summed E-state index contributed by atoms with van der Waals surface area (Å²) in [5.41, 5.74) is -0.968. The van der Waals surface area contributed by atoms with E-state index in [9.17, 15) is 22.8 Å². The maximum Gasteiger partial charge on any atom is 0.254 e. The monoisotopic (exact) mass is 353 g/mol. The van der Waals surface area contributed by atoms with Crippen LogP contribution in [0.3, 0.4) is 0 Å². The Bertz CT molecular complexity index is 894. The first-order valence-corrected chi connectivity index (χ1v) is 7.61. The molecule has 0 saturated heterocycles. The number of aromatic amines is 1. The first-order chi connectivity index (χ1) is 11.9. The number of H-pyrrole nitrogens is 1. The van der Waals surface area contributed by atoms with Crippen LogP contribution in [0.1, 0.15) is 47.1 Å². The molecular weight excluding hydrogens is 339 g/mol. The number of aromatic nitrogens is 2. The molecule has 0 bridgehead atoms. The van der Waals surface area contributed by atoms with Gasteiger partial charge in [-0.1, -0.05) is 6.42 Å². The van der Waals surface area contributed by atoms with Gasteiger partial charge in [0.2, 0.25) is 5.82 Å². The number of amides is 1. The summed E-state index contributed by atoms with van der Waals surface area (Å²) in [6.45, 7) is -0.207. The molecule has 0 atom stereocenters. The molecule has 3 N–H and O–H groups in total. The molecule has 1 aromatic heterocycles. The first kappa shape index (κ1) is 17.0. The highest BCUT2D eigenvalue weighted by Gasteiger charge is 2.24. The number of phenolic OH excluding ortho intramolecular Hbond substituents is 1. The van der Waals surface area contributed by atoms with Gasteiger partial charge in [0.05, 0.1) is 17.8 Å². The predicted octanol–water partition coefficient (Wildman–Crippen LogP) is 2.09. The number of carbonyl (C=O) groups excluding carboxylic acids is 1. The summed E-state index contributed by atoms with van der Waals surface area (Å²) >= 11 is 0. The quantitative estimate of drug-likeness (QED) is 0.734. The molecule has 1 heterocycles. The minimum atomic E-state index is -1.77. The lowest BCUT2D eigenvalue weighted by Crippen LogP contribution is -2.27. The molecule has 6 nitrogen and oxygen atoms in total. The number of rotatable bonds is 4. The molecule has 2 aromatic rings. The maximum absolute atomic E-state index is 13.7. The third-order valence-corrected chi connectivity index (χ3v) is 4.11. The highest BCUT2D eigenvalue weighted by Crippen LogP contribution is 2.33. The Morgan fingerprint density at radius 2 is 2.00 bits per heavy atom. The van der Waals surface area contributed by atoms with Crippen LogP contribution < -0.4 is 10.9 Å². The summed E-state index contributed by atoms with van der Waals surface area (Å²) in [6.07, 6.45) is 2.88. The molecule has 0 aliphatic heterocycles. The summed E-state index contributed by atoms with van der Waals surface area (Å²) in [6, 6.07) is 1.53. The standard InChI is InChI=1S/C16H14F3N3O3/c17-10-5-9(12(18)14(24)13(10)19)16(25)20-6-8-4-11(23)22-15(21-8)7-2-1-3-7/h4-5,7,24H,1-3,6H2,(H,20,25)(H,21,22,23). The van der Waals surface area contributed by atoms with E-state index in [1.165, 1.54) is 6.07 Å². The van der Waals surface area contributed by atoms with Crippen molar-refractivity contribution in [3.05, 3.63) is 57.0 Å². The Morgan fingerprint density at radius 1 is 1.28 bits per heavy atom. The Balaban J connectivity index is 1.77. The lowest BCUT2D eigenvalue weighted by molar-refractivity contribution is 0.0944. The van der Waals surface area contributed by atoms with E-state index in [0.29, 0.717) is 11.9 Å². The lowest BCUT2D eigenvalue weighted by atomic mass is 9.85. The molecule has 25 heavy (non-hydrogen) atoms. The highest BCUT2D eigenvalue weighted by atomic mass is 19.2. The molecule has 1 amide bonds. The van der Waals surface area contributed by atoms with Crippen LogP contribution in [0, 0.1) is 17.5 Å². The fourth-order valence-electron chi connectivity index (χ4n) is 2.52. The zero-order valence-corrected chi connectivity index (χ0v) is 12.9. The number of carbonyl (C=O) groups is 1. The van der Waals surface area contributed by atoms with Gasteiger partial charge in [-0.15, -0.1) is 0 Å². The van der Waals surface area contributed by atoms with Crippen LogP contribution in [0.4, 0.5) is 13.2 Å². The SMILES string of the molecule is O=C(NCc1cc(=O)[nH]c(C2CCC2)n1)c1cc(F)c(F)c(O)c1F. The highest BCUT2D eigenvalue weighted by molar-refractivity contribution is 5.94. The molecule has 1 aromatic carbocycles. The Kier molecular flexibility index (Phi) is 4.47. The van der Waals surface area contributed by atoms with Crippen LogP contribution in [0.5, 0.6) is 5.75 Å². The maximum atomic E-state index is 13.7. The topological polar surface area (TPSA) is 95.1 Å². The molecule has 0 unspecified atom stereocenters. The van der Waals surface area contributed by atoms with E-state index in [1.54, 1.807) is 0 Å². The van der Waals surface area contributed by atoms with Gasteiger partial charge < -0.3 is 15.4 Å². The third-order valence-electron chi connectivity index (χ3n) is 4.11. The van der Waals surface area contributed by atoms with E-state index in [0.717, 1.165) is 19.3 Å². The normalized spacial score (nSPS) is 14.2. The summed E-state index contributed by atoms with van der Waals surface area (Å²) in [5.74, 6) is -6.82. The van der Waals surface area contributed by atoms with Gasteiger partial charge in [-0.05, 0) is 18.9 Å². The van der Waals surface area contributed by atoms with Gasteiger partial charge in [-0.3, -0.25) is 9.59 Å². The number of nitrogens with one attached hydrogen (secondary N) is 2. The number of hydrogen-bond donors (Lipinski definition) is 3. The van der Waals surface area contributed by atoms with E-state index in [1.807, 2.05) is 0 Å². The van der Waals surface area contributed by atoms with Crippen LogP contribution in [0.2, 0.25) is 0 Å². The van der Waals surface area contributed by atoms with Crippen LogP contribution in [-0.2, 0) is 6.54 Å².